The largest absolute Gasteiger partial charge is 0.303 e. The molecule has 1 heterocycles. The lowest BCUT2D eigenvalue weighted by molar-refractivity contribution is 0.0481. The van der Waals surface area contributed by atoms with Crippen molar-refractivity contribution >= 4 is 0 Å². The van der Waals surface area contributed by atoms with E-state index < -0.39 is 0 Å². The monoisotopic (exact) mass is 181 g/mol. The van der Waals surface area contributed by atoms with E-state index in [2.05, 4.69) is 18.9 Å². The quantitative estimate of drug-likeness (QED) is 0.633. The molecule has 2 unspecified atom stereocenters. The van der Waals surface area contributed by atoms with Crippen LogP contribution >= 0.6 is 0 Å². The van der Waals surface area contributed by atoms with Crippen molar-refractivity contribution in [3.63, 3.8) is 0 Å². The average molecular weight is 181 g/mol. The molecule has 1 nitrogen and oxygen atoms in total. The topological polar surface area (TPSA) is 3.24 Å². The van der Waals surface area contributed by atoms with Gasteiger partial charge >= 0.3 is 0 Å². The summed E-state index contributed by atoms with van der Waals surface area (Å²) < 4.78 is 0. The van der Waals surface area contributed by atoms with Gasteiger partial charge in [0, 0.05) is 6.04 Å². The maximum atomic E-state index is 2.63. The summed E-state index contributed by atoms with van der Waals surface area (Å²) in [6, 6.07) is 0.932. The number of piperidine rings is 1. The standard InChI is InChI=1S/C12H23N/c1-3-7-12-8-4-6-11(12)13(2)10-5-9-12/h11H,3-10H2,1-2H3. The minimum Gasteiger partial charge on any atom is -0.303 e. The van der Waals surface area contributed by atoms with E-state index in [-0.39, 0.29) is 0 Å². The minimum atomic E-state index is 0.738. The van der Waals surface area contributed by atoms with Crippen LogP contribution in [0.15, 0.2) is 0 Å². The molecule has 0 aromatic carbocycles. The highest BCUT2D eigenvalue weighted by Crippen LogP contribution is 2.50. The second kappa shape index (κ2) is 3.61. The summed E-state index contributed by atoms with van der Waals surface area (Å²) in [5.74, 6) is 0. The zero-order valence-electron chi connectivity index (χ0n) is 9.18. The molecule has 0 spiro atoms. The molecule has 2 atom stereocenters. The van der Waals surface area contributed by atoms with Crippen LogP contribution in [0.1, 0.15) is 51.9 Å². The predicted octanol–water partition coefficient (Wildman–Crippen LogP) is 3.05. The summed E-state index contributed by atoms with van der Waals surface area (Å²) in [5.41, 5.74) is 0.738. The van der Waals surface area contributed by atoms with Gasteiger partial charge in [-0.25, -0.2) is 0 Å². The van der Waals surface area contributed by atoms with Crippen molar-refractivity contribution in [2.24, 2.45) is 5.41 Å². The molecule has 1 aliphatic heterocycles. The maximum Gasteiger partial charge on any atom is 0.0149 e. The zero-order chi connectivity index (χ0) is 9.31. The van der Waals surface area contributed by atoms with Gasteiger partial charge in [-0.3, -0.25) is 0 Å². The number of rotatable bonds is 2. The lowest BCUT2D eigenvalue weighted by Crippen LogP contribution is -2.47. The summed E-state index contributed by atoms with van der Waals surface area (Å²) in [6.07, 6.45) is 10.3. The first-order valence-electron chi connectivity index (χ1n) is 5.99. The third kappa shape index (κ3) is 1.52. The zero-order valence-corrected chi connectivity index (χ0v) is 9.18. The van der Waals surface area contributed by atoms with Crippen molar-refractivity contribution < 1.29 is 0 Å². The smallest absolute Gasteiger partial charge is 0.0149 e. The van der Waals surface area contributed by atoms with Gasteiger partial charge < -0.3 is 4.90 Å². The third-order valence-electron chi connectivity index (χ3n) is 4.32. The molecule has 0 radical (unpaired) electrons. The first-order valence-corrected chi connectivity index (χ1v) is 5.99. The Kier molecular flexibility index (Phi) is 2.64. The van der Waals surface area contributed by atoms with Gasteiger partial charge in [0.1, 0.15) is 0 Å². The normalized spacial score (nSPS) is 40.6. The molecule has 1 aliphatic carbocycles. The van der Waals surface area contributed by atoms with Gasteiger partial charge in [0.25, 0.3) is 0 Å². The van der Waals surface area contributed by atoms with Crippen LogP contribution in [0.5, 0.6) is 0 Å². The fourth-order valence-electron chi connectivity index (χ4n) is 3.85. The van der Waals surface area contributed by atoms with Gasteiger partial charge in [-0.1, -0.05) is 19.8 Å². The fourth-order valence-corrected chi connectivity index (χ4v) is 3.85. The molecule has 1 saturated heterocycles. The fraction of sp³-hybridized carbons (Fsp3) is 1.00. The van der Waals surface area contributed by atoms with Gasteiger partial charge in [-0.2, -0.15) is 0 Å². The van der Waals surface area contributed by atoms with Crippen LogP contribution in [0.3, 0.4) is 0 Å². The van der Waals surface area contributed by atoms with Gasteiger partial charge in [-0.05, 0) is 51.1 Å². The van der Waals surface area contributed by atoms with Crippen molar-refractivity contribution in [1.82, 2.24) is 4.90 Å². The van der Waals surface area contributed by atoms with E-state index >= 15 is 0 Å². The molecule has 76 valence electrons. The Morgan fingerprint density at radius 2 is 2.08 bits per heavy atom. The highest BCUT2D eigenvalue weighted by Gasteiger charge is 2.45. The van der Waals surface area contributed by atoms with E-state index in [0.29, 0.717) is 0 Å². The maximum absolute atomic E-state index is 2.63. The summed E-state index contributed by atoms with van der Waals surface area (Å²) in [5, 5.41) is 0. The Morgan fingerprint density at radius 1 is 1.31 bits per heavy atom. The Balaban J connectivity index is 2.12. The summed E-state index contributed by atoms with van der Waals surface area (Å²) in [6.45, 7) is 3.69. The highest BCUT2D eigenvalue weighted by molar-refractivity contribution is 4.99. The molecular weight excluding hydrogens is 158 g/mol. The third-order valence-corrected chi connectivity index (χ3v) is 4.32. The number of hydrogen-bond donors (Lipinski definition) is 0. The van der Waals surface area contributed by atoms with Crippen LogP contribution in [-0.2, 0) is 0 Å². The molecular formula is C12H23N. The van der Waals surface area contributed by atoms with Crippen LogP contribution in [-0.4, -0.2) is 24.5 Å². The first kappa shape index (κ1) is 9.51. The second-order valence-corrected chi connectivity index (χ2v) is 5.10. The molecule has 0 aromatic rings. The minimum absolute atomic E-state index is 0.738. The Morgan fingerprint density at radius 3 is 2.85 bits per heavy atom. The Labute approximate surface area is 82.5 Å². The van der Waals surface area contributed by atoms with Crippen LogP contribution in [0, 0.1) is 5.41 Å². The van der Waals surface area contributed by atoms with E-state index in [1.807, 2.05) is 0 Å². The van der Waals surface area contributed by atoms with Crippen molar-refractivity contribution in [3.8, 4) is 0 Å². The predicted molar refractivity (Wildman–Crippen MR) is 56.8 cm³/mol. The van der Waals surface area contributed by atoms with E-state index in [0.717, 1.165) is 11.5 Å². The van der Waals surface area contributed by atoms with E-state index in [1.54, 1.807) is 0 Å². The van der Waals surface area contributed by atoms with Crippen molar-refractivity contribution in [2.75, 3.05) is 13.6 Å². The molecule has 0 bridgehead atoms. The van der Waals surface area contributed by atoms with Crippen molar-refractivity contribution in [3.05, 3.63) is 0 Å². The molecule has 2 aliphatic rings. The molecule has 0 N–H and O–H groups in total. The molecule has 2 rings (SSSR count). The molecule has 1 saturated carbocycles. The average Bonchev–Trinajstić information content (AvgIpc) is 2.50. The lowest BCUT2D eigenvalue weighted by atomic mass is 9.72. The first-order chi connectivity index (χ1) is 6.28. The van der Waals surface area contributed by atoms with Crippen LogP contribution in [0.2, 0.25) is 0 Å². The lowest BCUT2D eigenvalue weighted by Gasteiger charge is -2.45. The summed E-state index contributed by atoms with van der Waals surface area (Å²) in [4.78, 5) is 2.63. The van der Waals surface area contributed by atoms with Gasteiger partial charge in [-0.15, -0.1) is 0 Å². The molecule has 1 heteroatoms. The van der Waals surface area contributed by atoms with Gasteiger partial charge in [0.15, 0.2) is 0 Å². The summed E-state index contributed by atoms with van der Waals surface area (Å²) in [7, 11) is 2.33. The van der Waals surface area contributed by atoms with Crippen LogP contribution in [0.4, 0.5) is 0 Å². The van der Waals surface area contributed by atoms with Crippen LogP contribution in [0.25, 0.3) is 0 Å². The van der Waals surface area contributed by atoms with Crippen LogP contribution < -0.4 is 0 Å². The summed E-state index contributed by atoms with van der Waals surface area (Å²) >= 11 is 0. The van der Waals surface area contributed by atoms with E-state index in [9.17, 15) is 0 Å². The van der Waals surface area contributed by atoms with Crippen molar-refractivity contribution in [2.45, 2.75) is 57.9 Å². The Hall–Kier alpha value is -0.0400. The Bertz CT molecular complexity index is 174. The number of fused-ring (bicyclic) bond motifs is 1. The van der Waals surface area contributed by atoms with Gasteiger partial charge in [0.2, 0.25) is 0 Å². The molecule has 0 amide bonds. The second-order valence-electron chi connectivity index (χ2n) is 5.10. The van der Waals surface area contributed by atoms with E-state index in [4.69, 9.17) is 0 Å². The molecule has 13 heavy (non-hydrogen) atoms. The number of likely N-dealkylation sites (tertiary alicyclic amines) is 1. The highest BCUT2D eigenvalue weighted by atomic mass is 15.2. The van der Waals surface area contributed by atoms with Gasteiger partial charge in [0.05, 0.1) is 0 Å². The SMILES string of the molecule is CCCC12CCCC1N(C)CCC2. The van der Waals surface area contributed by atoms with Crippen molar-refractivity contribution in [1.29, 1.82) is 0 Å². The number of nitrogens with zero attached hydrogens (tertiary/aromatic N) is 1. The molecule has 0 aromatic heterocycles. The number of hydrogen-bond acceptors (Lipinski definition) is 1. The van der Waals surface area contributed by atoms with E-state index in [1.165, 1.54) is 51.5 Å². The molecule has 2 fully saturated rings.